The fourth-order valence-corrected chi connectivity index (χ4v) is 1.97. The Balaban J connectivity index is 1.98. The van der Waals surface area contributed by atoms with Gasteiger partial charge in [0.2, 0.25) is 0 Å². The molecule has 2 heterocycles. The van der Waals surface area contributed by atoms with Gasteiger partial charge < -0.3 is 10.3 Å². The Bertz CT molecular complexity index is 701. The summed E-state index contributed by atoms with van der Waals surface area (Å²) in [4.78, 5) is 8.58. The smallest absolute Gasteiger partial charge is 0.152 e. The SMILES string of the molecule is Cn1cnc2cc(-c3cnc(CCN)nn3)ccc21. The van der Waals surface area contributed by atoms with Crippen molar-refractivity contribution in [2.75, 3.05) is 6.54 Å². The van der Waals surface area contributed by atoms with E-state index in [1.165, 1.54) is 0 Å². The Morgan fingerprint density at radius 3 is 2.84 bits per heavy atom. The van der Waals surface area contributed by atoms with Crippen LogP contribution >= 0.6 is 0 Å². The van der Waals surface area contributed by atoms with Gasteiger partial charge in [0.25, 0.3) is 0 Å². The Hall–Kier alpha value is -2.34. The van der Waals surface area contributed by atoms with E-state index in [9.17, 15) is 0 Å². The molecule has 96 valence electrons. The van der Waals surface area contributed by atoms with Gasteiger partial charge in [-0.05, 0) is 18.7 Å². The molecule has 1 aromatic carbocycles. The lowest BCUT2D eigenvalue weighted by molar-refractivity contribution is 0.813. The highest BCUT2D eigenvalue weighted by Gasteiger charge is 2.05. The second kappa shape index (κ2) is 4.74. The number of imidazole rings is 1. The normalized spacial score (nSPS) is 11.1. The minimum atomic E-state index is 0.529. The molecule has 2 N–H and O–H groups in total. The zero-order valence-corrected chi connectivity index (χ0v) is 10.6. The van der Waals surface area contributed by atoms with Crippen molar-refractivity contribution < 1.29 is 0 Å². The van der Waals surface area contributed by atoms with E-state index < -0.39 is 0 Å². The van der Waals surface area contributed by atoms with E-state index in [0.29, 0.717) is 18.8 Å². The van der Waals surface area contributed by atoms with E-state index >= 15 is 0 Å². The van der Waals surface area contributed by atoms with Crippen molar-refractivity contribution in [3.63, 3.8) is 0 Å². The van der Waals surface area contributed by atoms with Crippen LogP contribution in [-0.2, 0) is 13.5 Å². The summed E-state index contributed by atoms with van der Waals surface area (Å²) in [5.41, 5.74) is 9.19. The van der Waals surface area contributed by atoms with Gasteiger partial charge in [-0.15, -0.1) is 10.2 Å². The van der Waals surface area contributed by atoms with Crippen LogP contribution in [0.5, 0.6) is 0 Å². The van der Waals surface area contributed by atoms with Crippen LogP contribution in [0.3, 0.4) is 0 Å². The van der Waals surface area contributed by atoms with Crippen LogP contribution in [0, 0.1) is 0 Å². The van der Waals surface area contributed by atoms with Crippen LogP contribution in [-0.4, -0.2) is 31.3 Å². The van der Waals surface area contributed by atoms with Crippen molar-refractivity contribution in [3.05, 3.63) is 36.5 Å². The highest BCUT2D eigenvalue weighted by molar-refractivity contribution is 5.80. The zero-order chi connectivity index (χ0) is 13.2. The van der Waals surface area contributed by atoms with E-state index in [1.807, 2.05) is 29.8 Å². The van der Waals surface area contributed by atoms with Crippen molar-refractivity contribution in [1.82, 2.24) is 24.7 Å². The second-order valence-electron chi connectivity index (χ2n) is 4.36. The van der Waals surface area contributed by atoms with Gasteiger partial charge in [0, 0.05) is 19.0 Å². The molecular weight excluding hydrogens is 240 g/mol. The van der Waals surface area contributed by atoms with Crippen LogP contribution in [0.25, 0.3) is 22.3 Å². The lowest BCUT2D eigenvalue weighted by Gasteiger charge is -2.01. The third-order valence-corrected chi connectivity index (χ3v) is 3.00. The topological polar surface area (TPSA) is 82.5 Å². The summed E-state index contributed by atoms with van der Waals surface area (Å²) in [6.45, 7) is 0.529. The molecule has 0 bridgehead atoms. The summed E-state index contributed by atoms with van der Waals surface area (Å²) < 4.78 is 1.98. The molecule has 3 aromatic rings. The molecule has 0 aliphatic heterocycles. The number of hydrogen-bond donors (Lipinski definition) is 1. The van der Waals surface area contributed by atoms with Crippen LogP contribution in [0.15, 0.2) is 30.7 Å². The highest BCUT2D eigenvalue weighted by Crippen LogP contribution is 2.20. The molecule has 0 atom stereocenters. The van der Waals surface area contributed by atoms with Crippen LogP contribution in [0.2, 0.25) is 0 Å². The van der Waals surface area contributed by atoms with Crippen molar-refractivity contribution in [2.45, 2.75) is 6.42 Å². The van der Waals surface area contributed by atoms with Crippen molar-refractivity contribution in [2.24, 2.45) is 12.8 Å². The fourth-order valence-electron chi connectivity index (χ4n) is 1.97. The molecule has 19 heavy (non-hydrogen) atoms. The number of nitrogens with zero attached hydrogens (tertiary/aromatic N) is 5. The van der Waals surface area contributed by atoms with Crippen LogP contribution < -0.4 is 5.73 Å². The first-order valence-corrected chi connectivity index (χ1v) is 6.08. The number of hydrogen-bond acceptors (Lipinski definition) is 5. The van der Waals surface area contributed by atoms with Gasteiger partial charge >= 0.3 is 0 Å². The van der Waals surface area contributed by atoms with Crippen LogP contribution in [0.4, 0.5) is 0 Å². The monoisotopic (exact) mass is 254 g/mol. The quantitative estimate of drug-likeness (QED) is 0.751. The summed E-state index contributed by atoms with van der Waals surface area (Å²) >= 11 is 0. The van der Waals surface area contributed by atoms with E-state index in [-0.39, 0.29) is 0 Å². The molecule has 0 aliphatic carbocycles. The van der Waals surface area contributed by atoms with Gasteiger partial charge in [0.1, 0.15) is 5.69 Å². The largest absolute Gasteiger partial charge is 0.334 e. The molecule has 0 saturated heterocycles. The van der Waals surface area contributed by atoms with Gasteiger partial charge in [0.05, 0.1) is 23.6 Å². The van der Waals surface area contributed by atoms with Gasteiger partial charge in [-0.3, -0.25) is 0 Å². The van der Waals surface area contributed by atoms with Crippen molar-refractivity contribution >= 4 is 11.0 Å². The Labute approximate surface area is 110 Å². The van der Waals surface area contributed by atoms with Gasteiger partial charge in [-0.25, -0.2) is 9.97 Å². The number of benzene rings is 1. The summed E-state index contributed by atoms with van der Waals surface area (Å²) in [6, 6.07) is 6.01. The average molecular weight is 254 g/mol. The van der Waals surface area contributed by atoms with E-state index in [4.69, 9.17) is 5.73 Å². The Morgan fingerprint density at radius 1 is 1.21 bits per heavy atom. The third kappa shape index (κ3) is 2.17. The maximum Gasteiger partial charge on any atom is 0.152 e. The fraction of sp³-hybridized carbons (Fsp3) is 0.231. The van der Waals surface area contributed by atoms with Gasteiger partial charge in [0.15, 0.2) is 5.82 Å². The maximum absolute atomic E-state index is 5.46. The lowest BCUT2D eigenvalue weighted by atomic mass is 10.1. The minimum Gasteiger partial charge on any atom is -0.334 e. The summed E-state index contributed by atoms with van der Waals surface area (Å²) in [5, 5.41) is 8.24. The molecular formula is C13H14N6. The molecule has 0 fully saturated rings. The molecule has 2 aromatic heterocycles. The zero-order valence-electron chi connectivity index (χ0n) is 10.6. The molecule has 6 heteroatoms. The van der Waals surface area contributed by atoms with Gasteiger partial charge in [-0.2, -0.15) is 0 Å². The number of aromatic nitrogens is 5. The van der Waals surface area contributed by atoms with Gasteiger partial charge in [-0.1, -0.05) is 6.07 Å². The number of nitrogens with two attached hydrogens (primary N) is 1. The first-order chi connectivity index (χ1) is 9.28. The van der Waals surface area contributed by atoms with Crippen LogP contribution in [0.1, 0.15) is 5.82 Å². The first-order valence-electron chi connectivity index (χ1n) is 6.08. The predicted molar refractivity (Wildman–Crippen MR) is 72.3 cm³/mol. The third-order valence-electron chi connectivity index (χ3n) is 3.00. The number of aryl methyl sites for hydroxylation is 1. The van der Waals surface area contributed by atoms with E-state index in [1.54, 1.807) is 12.5 Å². The van der Waals surface area contributed by atoms with E-state index in [2.05, 4.69) is 20.2 Å². The molecule has 0 saturated carbocycles. The standard InChI is InChI=1S/C13H14N6/c1-19-8-16-10-6-9(2-3-12(10)19)11-7-15-13(4-5-14)18-17-11/h2-3,6-8H,4-5,14H2,1H3. The van der Waals surface area contributed by atoms with Crippen molar-refractivity contribution in [3.8, 4) is 11.3 Å². The highest BCUT2D eigenvalue weighted by atomic mass is 15.2. The summed E-state index contributed by atoms with van der Waals surface area (Å²) in [5.74, 6) is 0.671. The molecule has 0 radical (unpaired) electrons. The Kier molecular flexibility index (Phi) is 2.92. The average Bonchev–Trinajstić information content (AvgIpc) is 2.81. The predicted octanol–water partition coefficient (Wildman–Crippen LogP) is 0.926. The molecule has 0 unspecified atom stereocenters. The number of rotatable bonds is 3. The Morgan fingerprint density at radius 2 is 2.11 bits per heavy atom. The summed E-state index contributed by atoms with van der Waals surface area (Å²) in [6.07, 6.45) is 4.16. The minimum absolute atomic E-state index is 0.529. The molecule has 0 spiro atoms. The molecule has 3 rings (SSSR count). The maximum atomic E-state index is 5.46. The lowest BCUT2D eigenvalue weighted by Crippen LogP contribution is -2.07. The molecule has 6 nitrogen and oxygen atoms in total. The van der Waals surface area contributed by atoms with E-state index in [0.717, 1.165) is 22.3 Å². The molecule has 0 aliphatic rings. The number of fused-ring (bicyclic) bond motifs is 1. The second-order valence-corrected chi connectivity index (χ2v) is 4.36. The van der Waals surface area contributed by atoms with Crippen molar-refractivity contribution in [1.29, 1.82) is 0 Å². The molecule has 0 amide bonds. The summed E-state index contributed by atoms with van der Waals surface area (Å²) in [7, 11) is 1.97. The first kappa shape index (κ1) is 11.7.